The van der Waals surface area contributed by atoms with E-state index in [4.69, 9.17) is 5.73 Å². The summed E-state index contributed by atoms with van der Waals surface area (Å²) in [7, 11) is 0. The van der Waals surface area contributed by atoms with Crippen LogP contribution in [0.4, 0.5) is 0 Å². The fraction of sp³-hybridized carbons (Fsp3) is 1.00. The molecule has 0 rings (SSSR count). The molecule has 0 aromatic carbocycles. The molecule has 0 aromatic rings. The number of hydrogen-bond donors (Lipinski definition) is 1. The van der Waals surface area contributed by atoms with Crippen molar-refractivity contribution in [1.82, 2.24) is 0 Å². The van der Waals surface area contributed by atoms with E-state index in [1.54, 1.807) is 0 Å². The van der Waals surface area contributed by atoms with Crippen molar-refractivity contribution in [2.24, 2.45) is 5.73 Å². The molecule has 14 heavy (non-hydrogen) atoms. The van der Waals surface area contributed by atoms with Gasteiger partial charge in [0.15, 0.2) is 0 Å². The zero-order valence-electron chi connectivity index (χ0n) is 10.4. The zero-order chi connectivity index (χ0) is 9.78. The SMILES string of the molecule is CCCCCCCCCCCCN.[Na]. The van der Waals surface area contributed by atoms with Gasteiger partial charge in [-0.05, 0) is 13.0 Å². The topological polar surface area (TPSA) is 26.0 Å². The van der Waals surface area contributed by atoms with E-state index >= 15 is 0 Å². The average molecular weight is 208 g/mol. The van der Waals surface area contributed by atoms with Crippen LogP contribution < -0.4 is 5.73 Å². The molecule has 2 heteroatoms. The Labute approximate surface area is 113 Å². The summed E-state index contributed by atoms with van der Waals surface area (Å²) in [4.78, 5) is 0. The Hall–Kier alpha value is 0.960. The molecule has 1 radical (unpaired) electrons. The zero-order valence-corrected chi connectivity index (χ0v) is 12.4. The molecule has 81 valence electrons. The smallest absolute Gasteiger partial charge is 0 e. The van der Waals surface area contributed by atoms with E-state index in [9.17, 15) is 0 Å². The van der Waals surface area contributed by atoms with Crippen LogP contribution in [0.15, 0.2) is 0 Å². The van der Waals surface area contributed by atoms with Crippen molar-refractivity contribution in [2.75, 3.05) is 6.54 Å². The Kier molecular flexibility index (Phi) is 20.3. The third-order valence-corrected chi connectivity index (χ3v) is 2.56. The molecular formula is C12H27NNa. The third kappa shape index (κ3) is 15.4. The minimum Gasteiger partial charge on any atom is -0.330 e. The van der Waals surface area contributed by atoms with Gasteiger partial charge in [0.1, 0.15) is 0 Å². The van der Waals surface area contributed by atoms with Crippen molar-refractivity contribution in [1.29, 1.82) is 0 Å². The molecule has 0 fully saturated rings. The standard InChI is InChI=1S/C12H27N.Na/c1-2-3-4-5-6-7-8-9-10-11-12-13;/h2-13H2,1H3;. The van der Waals surface area contributed by atoms with Gasteiger partial charge >= 0.3 is 0 Å². The summed E-state index contributed by atoms with van der Waals surface area (Å²) < 4.78 is 0. The van der Waals surface area contributed by atoms with Crippen molar-refractivity contribution in [3.8, 4) is 0 Å². The average Bonchev–Trinajstić information content (AvgIpc) is 2.16. The van der Waals surface area contributed by atoms with Gasteiger partial charge in [-0.1, -0.05) is 64.7 Å². The van der Waals surface area contributed by atoms with Crippen LogP contribution in [-0.2, 0) is 0 Å². The van der Waals surface area contributed by atoms with Gasteiger partial charge in [0.05, 0.1) is 0 Å². The first-order valence-corrected chi connectivity index (χ1v) is 6.12. The van der Waals surface area contributed by atoms with Crippen LogP contribution in [-0.4, -0.2) is 36.1 Å². The van der Waals surface area contributed by atoms with Crippen LogP contribution in [0.1, 0.15) is 71.1 Å². The van der Waals surface area contributed by atoms with E-state index in [1.807, 2.05) is 0 Å². The maximum Gasteiger partial charge on any atom is 0 e. The molecule has 0 atom stereocenters. The summed E-state index contributed by atoms with van der Waals surface area (Å²) in [5, 5.41) is 0. The first kappa shape index (κ1) is 17.4. The number of hydrogen-bond acceptors (Lipinski definition) is 1. The molecule has 0 saturated carbocycles. The van der Waals surface area contributed by atoms with Gasteiger partial charge in [-0.2, -0.15) is 0 Å². The predicted octanol–water partition coefficient (Wildman–Crippen LogP) is 3.49. The molecule has 0 heterocycles. The van der Waals surface area contributed by atoms with Gasteiger partial charge in [-0.15, -0.1) is 0 Å². The normalized spacial score (nSPS) is 9.86. The monoisotopic (exact) mass is 208 g/mol. The van der Waals surface area contributed by atoms with Gasteiger partial charge in [0.2, 0.25) is 0 Å². The fourth-order valence-corrected chi connectivity index (χ4v) is 1.63. The molecular weight excluding hydrogens is 181 g/mol. The van der Waals surface area contributed by atoms with E-state index in [2.05, 4.69) is 6.92 Å². The molecule has 1 nitrogen and oxygen atoms in total. The first-order valence-electron chi connectivity index (χ1n) is 6.12. The number of rotatable bonds is 10. The molecule has 0 aromatic heterocycles. The molecule has 0 aliphatic heterocycles. The van der Waals surface area contributed by atoms with Crippen molar-refractivity contribution in [2.45, 2.75) is 71.1 Å². The van der Waals surface area contributed by atoms with Gasteiger partial charge in [0.25, 0.3) is 0 Å². The Morgan fingerprint density at radius 2 is 1.00 bits per heavy atom. The quantitative estimate of drug-likeness (QED) is 0.431. The maximum absolute atomic E-state index is 5.42. The van der Waals surface area contributed by atoms with Crippen molar-refractivity contribution < 1.29 is 0 Å². The van der Waals surface area contributed by atoms with E-state index in [0.29, 0.717) is 0 Å². The van der Waals surface area contributed by atoms with Crippen LogP contribution in [0.3, 0.4) is 0 Å². The van der Waals surface area contributed by atoms with E-state index in [-0.39, 0.29) is 29.6 Å². The number of unbranched alkanes of at least 4 members (excludes halogenated alkanes) is 9. The van der Waals surface area contributed by atoms with Gasteiger partial charge < -0.3 is 5.73 Å². The van der Waals surface area contributed by atoms with Crippen LogP contribution >= 0.6 is 0 Å². The summed E-state index contributed by atoms with van der Waals surface area (Å²) in [6.45, 7) is 3.14. The third-order valence-electron chi connectivity index (χ3n) is 2.56. The van der Waals surface area contributed by atoms with E-state index in [0.717, 1.165) is 6.54 Å². The first-order chi connectivity index (χ1) is 6.41. The van der Waals surface area contributed by atoms with Crippen LogP contribution in [0.25, 0.3) is 0 Å². The second-order valence-corrected chi connectivity index (χ2v) is 3.97. The molecule has 0 aliphatic rings. The summed E-state index contributed by atoms with van der Waals surface area (Å²) in [6, 6.07) is 0. The van der Waals surface area contributed by atoms with Gasteiger partial charge in [-0.3, -0.25) is 0 Å². The van der Waals surface area contributed by atoms with Crippen molar-refractivity contribution >= 4 is 29.6 Å². The van der Waals surface area contributed by atoms with E-state index < -0.39 is 0 Å². The van der Waals surface area contributed by atoms with Crippen molar-refractivity contribution in [3.05, 3.63) is 0 Å². The molecule has 0 aliphatic carbocycles. The molecule has 0 saturated heterocycles. The van der Waals surface area contributed by atoms with Gasteiger partial charge in [-0.25, -0.2) is 0 Å². The fourth-order valence-electron chi connectivity index (χ4n) is 1.63. The minimum absolute atomic E-state index is 0. The molecule has 2 N–H and O–H groups in total. The van der Waals surface area contributed by atoms with E-state index in [1.165, 1.54) is 64.2 Å². The minimum atomic E-state index is 0. The maximum atomic E-state index is 5.42. The molecule has 0 spiro atoms. The Morgan fingerprint density at radius 1 is 0.643 bits per heavy atom. The summed E-state index contributed by atoms with van der Waals surface area (Å²) in [5.41, 5.74) is 5.42. The molecule has 0 bridgehead atoms. The van der Waals surface area contributed by atoms with Crippen molar-refractivity contribution in [3.63, 3.8) is 0 Å². The second kappa shape index (κ2) is 16.4. The van der Waals surface area contributed by atoms with Crippen LogP contribution in [0.5, 0.6) is 0 Å². The Bertz CT molecular complexity index is 76.4. The van der Waals surface area contributed by atoms with Crippen LogP contribution in [0.2, 0.25) is 0 Å². The summed E-state index contributed by atoms with van der Waals surface area (Å²) in [5.74, 6) is 0. The predicted molar refractivity (Wildman–Crippen MR) is 66.7 cm³/mol. The number of nitrogens with two attached hydrogens (primary N) is 1. The van der Waals surface area contributed by atoms with Crippen LogP contribution in [0, 0.1) is 0 Å². The molecule has 0 unspecified atom stereocenters. The largest absolute Gasteiger partial charge is 0.330 e. The Balaban J connectivity index is 0. The van der Waals surface area contributed by atoms with Gasteiger partial charge in [0, 0.05) is 29.6 Å². The second-order valence-electron chi connectivity index (χ2n) is 3.97. The summed E-state index contributed by atoms with van der Waals surface area (Å²) in [6.07, 6.45) is 13.9. The Morgan fingerprint density at radius 3 is 1.36 bits per heavy atom. The summed E-state index contributed by atoms with van der Waals surface area (Å²) >= 11 is 0. The molecule has 0 amide bonds.